The van der Waals surface area contributed by atoms with Gasteiger partial charge in [0.15, 0.2) is 0 Å². The van der Waals surface area contributed by atoms with Gasteiger partial charge < -0.3 is 0 Å². The molecule has 0 aliphatic rings. The average molecular weight is 240 g/mol. The number of benzene rings is 1. The van der Waals surface area contributed by atoms with E-state index in [1.165, 1.54) is 6.07 Å². The quantitative estimate of drug-likeness (QED) is 0.462. The van der Waals surface area contributed by atoms with Crippen molar-refractivity contribution in [2.75, 3.05) is 0 Å². The molecule has 0 N–H and O–H groups in total. The number of hydrogen-bond acceptors (Lipinski definition) is 3. The van der Waals surface area contributed by atoms with Gasteiger partial charge in [-0.15, -0.1) is 0 Å². The summed E-state index contributed by atoms with van der Waals surface area (Å²) in [6.07, 6.45) is 3.32. The van der Waals surface area contributed by atoms with E-state index in [0.717, 1.165) is 0 Å². The van der Waals surface area contributed by atoms with Crippen molar-refractivity contribution in [3.63, 3.8) is 0 Å². The lowest BCUT2D eigenvalue weighted by atomic mass is 10.0. The molecule has 0 radical (unpaired) electrons. The highest BCUT2D eigenvalue weighted by Crippen LogP contribution is 2.25. The van der Waals surface area contributed by atoms with Crippen LogP contribution >= 0.6 is 11.6 Å². The van der Waals surface area contributed by atoms with Crippen molar-refractivity contribution in [3.05, 3.63) is 45.0 Å². The number of nitro groups is 1. The summed E-state index contributed by atoms with van der Waals surface area (Å²) in [5.41, 5.74) is 1.14. The first-order valence-electron chi connectivity index (χ1n) is 4.59. The van der Waals surface area contributed by atoms with Crippen molar-refractivity contribution < 1.29 is 9.72 Å². The first-order chi connectivity index (χ1) is 7.47. The Kier molecular flexibility index (Phi) is 3.79. The van der Waals surface area contributed by atoms with Crippen LogP contribution in [0, 0.1) is 17.0 Å². The lowest BCUT2D eigenvalue weighted by Gasteiger charge is -2.03. The molecular formula is C11H10ClNO3. The van der Waals surface area contributed by atoms with Crippen LogP contribution in [0.1, 0.15) is 28.4 Å². The molecule has 0 bridgehead atoms. The molecule has 5 heteroatoms. The minimum Gasteiger partial charge on any atom is -0.276 e. The summed E-state index contributed by atoms with van der Waals surface area (Å²) in [4.78, 5) is 21.3. The molecule has 0 aliphatic heterocycles. The smallest absolute Gasteiger partial charge is 0.276 e. The molecule has 84 valence electrons. The number of rotatable bonds is 3. The Bertz CT molecular complexity index is 480. The Labute approximate surface area is 97.7 Å². The lowest BCUT2D eigenvalue weighted by molar-refractivity contribution is -0.385. The van der Waals surface area contributed by atoms with E-state index in [4.69, 9.17) is 11.6 Å². The monoisotopic (exact) mass is 239 g/mol. The second kappa shape index (κ2) is 4.90. The lowest BCUT2D eigenvalue weighted by Crippen LogP contribution is -1.99. The van der Waals surface area contributed by atoms with E-state index >= 15 is 0 Å². The summed E-state index contributed by atoms with van der Waals surface area (Å²) in [6, 6.07) is 2.79. The van der Waals surface area contributed by atoms with Gasteiger partial charge in [-0.3, -0.25) is 14.9 Å². The van der Waals surface area contributed by atoms with Crippen molar-refractivity contribution in [1.29, 1.82) is 0 Å². The molecule has 1 aromatic rings. The number of nitro benzene ring substituents is 1. The molecule has 0 unspecified atom stereocenters. The maximum atomic E-state index is 11.0. The summed E-state index contributed by atoms with van der Waals surface area (Å²) in [5, 5.41) is 10.1. The fraction of sp³-hybridized carbons (Fsp3) is 0.182. The number of halogens is 1. The molecule has 0 aliphatic carbocycles. The minimum atomic E-state index is -0.687. The van der Waals surface area contributed by atoms with E-state index < -0.39 is 10.2 Å². The van der Waals surface area contributed by atoms with Gasteiger partial charge >= 0.3 is 0 Å². The zero-order valence-electron chi connectivity index (χ0n) is 8.86. The number of aryl methyl sites for hydroxylation is 1. The molecule has 1 aromatic carbocycles. The second-order valence-electron chi connectivity index (χ2n) is 3.26. The Morgan fingerprint density at radius 1 is 1.50 bits per heavy atom. The zero-order valence-corrected chi connectivity index (χ0v) is 9.62. The second-order valence-corrected chi connectivity index (χ2v) is 3.60. The van der Waals surface area contributed by atoms with Gasteiger partial charge in [-0.1, -0.05) is 12.2 Å². The number of allylic oxidation sites excluding steroid dienone is 1. The predicted molar refractivity (Wildman–Crippen MR) is 62.7 cm³/mol. The predicted octanol–water partition coefficient (Wildman–Crippen LogP) is 3.32. The van der Waals surface area contributed by atoms with E-state index in [1.807, 2.05) is 0 Å². The van der Waals surface area contributed by atoms with Crippen LogP contribution in [-0.4, -0.2) is 10.2 Å². The molecule has 0 atom stereocenters. The van der Waals surface area contributed by atoms with Crippen LogP contribution in [0.2, 0.25) is 0 Å². The van der Waals surface area contributed by atoms with Crippen molar-refractivity contribution in [2.45, 2.75) is 13.8 Å². The Morgan fingerprint density at radius 2 is 2.12 bits per heavy atom. The average Bonchev–Trinajstić information content (AvgIpc) is 2.17. The first-order valence-corrected chi connectivity index (χ1v) is 4.96. The van der Waals surface area contributed by atoms with Crippen molar-refractivity contribution in [1.82, 2.24) is 0 Å². The number of carbonyl (C=O) groups is 1. The van der Waals surface area contributed by atoms with Crippen LogP contribution in [0.15, 0.2) is 18.2 Å². The van der Waals surface area contributed by atoms with Gasteiger partial charge in [0.25, 0.3) is 10.9 Å². The minimum absolute atomic E-state index is 0.118. The molecule has 0 spiro atoms. The van der Waals surface area contributed by atoms with Gasteiger partial charge in [0.05, 0.1) is 10.5 Å². The van der Waals surface area contributed by atoms with Crippen LogP contribution in [0.5, 0.6) is 0 Å². The maximum Gasteiger partial charge on any atom is 0.277 e. The maximum absolute atomic E-state index is 11.0. The highest BCUT2D eigenvalue weighted by atomic mass is 35.5. The van der Waals surface area contributed by atoms with Crippen molar-refractivity contribution >= 4 is 28.6 Å². The van der Waals surface area contributed by atoms with E-state index in [2.05, 4.69) is 0 Å². The Hall–Kier alpha value is -1.68. The molecule has 0 saturated heterocycles. The van der Waals surface area contributed by atoms with Gasteiger partial charge in [-0.25, -0.2) is 0 Å². The number of nitrogens with zero attached hydrogens (tertiary/aromatic N) is 1. The molecular weight excluding hydrogens is 230 g/mol. The van der Waals surface area contributed by atoms with Gasteiger partial charge in [0, 0.05) is 11.6 Å². The normalized spacial score (nSPS) is 10.7. The first kappa shape index (κ1) is 12.4. The highest BCUT2D eigenvalue weighted by Gasteiger charge is 2.17. The van der Waals surface area contributed by atoms with Crippen LogP contribution in [0.4, 0.5) is 5.69 Å². The molecule has 0 amide bonds. The van der Waals surface area contributed by atoms with E-state index in [9.17, 15) is 14.9 Å². The summed E-state index contributed by atoms with van der Waals surface area (Å²) in [7, 11) is 0. The number of hydrogen-bond donors (Lipinski definition) is 0. The summed E-state index contributed by atoms with van der Waals surface area (Å²) in [6.45, 7) is 3.45. The fourth-order valence-electron chi connectivity index (χ4n) is 1.40. The third-order valence-electron chi connectivity index (χ3n) is 2.13. The molecule has 16 heavy (non-hydrogen) atoms. The van der Waals surface area contributed by atoms with Crippen LogP contribution in [0.3, 0.4) is 0 Å². The summed E-state index contributed by atoms with van der Waals surface area (Å²) < 4.78 is 0. The van der Waals surface area contributed by atoms with Gasteiger partial charge in [0.2, 0.25) is 0 Å². The highest BCUT2D eigenvalue weighted by molar-refractivity contribution is 6.68. The summed E-state index contributed by atoms with van der Waals surface area (Å²) >= 11 is 5.33. The topological polar surface area (TPSA) is 60.2 Å². The van der Waals surface area contributed by atoms with Gasteiger partial charge in [-0.2, -0.15) is 0 Å². The fourth-order valence-corrected chi connectivity index (χ4v) is 1.61. The molecule has 0 fully saturated rings. The van der Waals surface area contributed by atoms with Crippen LogP contribution < -0.4 is 0 Å². The van der Waals surface area contributed by atoms with E-state index in [0.29, 0.717) is 11.1 Å². The van der Waals surface area contributed by atoms with E-state index in [1.54, 1.807) is 32.1 Å². The van der Waals surface area contributed by atoms with Crippen LogP contribution in [-0.2, 0) is 0 Å². The van der Waals surface area contributed by atoms with E-state index in [-0.39, 0.29) is 11.3 Å². The largest absolute Gasteiger partial charge is 0.277 e. The van der Waals surface area contributed by atoms with Gasteiger partial charge in [0.1, 0.15) is 0 Å². The third kappa shape index (κ3) is 2.46. The third-order valence-corrected chi connectivity index (χ3v) is 2.33. The number of carbonyl (C=O) groups excluding carboxylic acids is 1. The zero-order chi connectivity index (χ0) is 12.3. The Balaban J connectivity index is 3.49. The molecule has 1 rings (SSSR count). The molecule has 0 saturated carbocycles. The van der Waals surface area contributed by atoms with Crippen molar-refractivity contribution in [2.24, 2.45) is 0 Å². The van der Waals surface area contributed by atoms with Crippen LogP contribution in [0.25, 0.3) is 6.08 Å². The molecule has 0 aromatic heterocycles. The molecule has 4 nitrogen and oxygen atoms in total. The SMILES string of the molecule is CC=Cc1cc(C)c(C(=O)Cl)cc1[N+](=O)[O-]. The standard InChI is InChI=1S/C11H10ClNO3/c1-3-4-8-5-7(2)9(11(12)14)6-10(8)13(15)16/h3-6H,1-2H3. The Morgan fingerprint density at radius 3 is 2.56 bits per heavy atom. The van der Waals surface area contributed by atoms with Gasteiger partial charge in [-0.05, 0) is 37.1 Å². The van der Waals surface area contributed by atoms with Crippen molar-refractivity contribution in [3.8, 4) is 0 Å². The summed E-state index contributed by atoms with van der Waals surface area (Å²) in [5.74, 6) is 0. The molecule has 0 heterocycles.